The number of benzene rings is 1. The van der Waals surface area contributed by atoms with Gasteiger partial charge in [0, 0.05) is 30.0 Å². The summed E-state index contributed by atoms with van der Waals surface area (Å²) in [5, 5.41) is 0.380. The van der Waals surface area contributed by atoms with Gasteiger partial charge in [0.2, 0.25) is 5.11 Å². The van der Waals surface area contributed by atoms with Crippen LogP contribution in [0, 0.1) is 27.7 Å². The highest BCUT2D eigenvalue weighted by Crippen LogP contribution is 2.26. The lowest BCUT2D eigenvalue weighted by Crippen LogP contribution is -2.32. The van der Waals surface area contributed by atoms with Crippen LogP contribution >= 0.6 is 12.2 Å². The summed E-state index contributed by atoms with van der Waals surface area (Å²) in [6, 6.07) is 8.49. The lowest BCUT2D eigenvalue weighted by atomic mass is 10.1. The summed E-state index contributed by atoms with van der Waals surface area (Å²) in [5.74, 6) is -0.0657. The van der Waals surface area contributed by atoms with Crippen LogP contribution in [0.3, 0.4) is 0 Å². The fraction of sp³-hybridized carbons (Fsp3) is 0.350. The highest BCUT2D eigenvalue weighted by Gasteiger charge is 2.29. The molecule has 2 aromatic rings. The minimum absolute atomic E-state index is 0.0657. The van der Waals surface area contributed by atoms with E-state index < -0.39 is 0 Å². The first-order chi connectivity index (χ1) is 11.8. The van der Waals surface area contributed by atoms with Gasteiger partial charge in [-0.15, -0.1) is 0 Å². The van der Waals surface area contributed by atoms with Crippen molar-refractivity contribution in [1.82, 2.24) is 9.47 Å². The number of hydrogen-bond acceptors (Lipinski definition) is 2. The van der Waals surface area contributed by atoms with Crippen molar-refractivity contribution in [3.05, 3.63) is 52.3 Å². The normalized spacial score (nSPS) is 14.4. The molecule has 130 valence electrons. The second kappa shape index (κ2) is 6.56. The van der Waals surface area contributed by atoms with E-state index in [-0.39, 0.29) is 5.91 Å². The molecular formula is C20H23N3OS. The van der Waals surface area contributed by atoms with E-state index in [0.29, 0.717) is 23.8 Å². The third-order valence-corrected chi connectivity index (χ3v) is 5.29. The molecule has 0 saturated carbocycles. The standard InChI is InChI=1S/C20H23N3OS/c1-6-22-19(24)17(21-20(22)25)11-16-10-13(3)23(15(16)5)18-9-7-8-12(2)14(18)4/h7-10H,6,11H2,1-5H3. The van der Waals surface area contributed by atoms with E-state index in [2.05, 4.69) is 61.5 Å². The predicted molar refractivity (Wildman–Crippen MR) is 106 cm³/mol. The Kier molecular flexibility index (Phi) is 4.60. The smallest absolute Gasteiger partial charge is 0.274 e. The summed E-state index contributed by atoms with van der Waals surface area (Å²) in [5.41, 5.74) is 7.67. The van der Waals surface area contributed by atoms with Gasteiger partial charge in [0.05, 0.1) is 0 Å². The summed E-state index contributed by atoms with van der Waals surface area (Å²) in [7, 11) is 0. The molecule has 0 fully saturated rings. The van der Waals surface area contributed by atoms with E-state index in [9.17, 15) is 4.79 Å². The second-order valence-electron chi connectivity index (χ2n) is 6.52. The molecule has 4 nitrogen and oxygen atoms in total. The van der Waals surface area contributed by atoms with Crippen LogP contribution in [0.2, 0.25) is 0 Å². The molecule has 5 heteroatoms. The minimum atomic E-state index is -0.0657. The van der Waals surface area contributed by atoms with E-state index in [1.165, 1.54) is 16.8 Å². The number of carbonyl (C=O) groups is 1. The fourth-order valence-corrected chi connectivity index (χ4v) is 3.72. The summed E-state index contributed by atoms with van der Waals surface area (Å²) < 4.78 is 2.26. The molecule has 0 saturated heterocycles. The SMILES string of the molecule is CCN1C(=O)C(Cc2cc(C)n(-c3cccc(C)c3C)c2C)=NC1=S. The van der Waals surface area contributed by atoms with E-state index in [0.717, 1.165) is 17.0 Å². The topological polar surface area (TPSA) is 37.6 Å². The molecule has 0 bridgehead atoms. The van der Waals surface area contributed by atoms with Crippen LogP contribution in [-0.2, 0) is 11.2 Å². The van der Waals surface area contributed by atoms with Gasteiger partial charge in [-0.2, -0.15) is 0 Å². The fourth-order valence-electron chi connectivity index (χ4n) is 3.40. The Morgan fingerprint density at radius 1 is 1.16 bits per heavy atom. The quantitative estimate of drug-likeness (QED) is 0.783. The van der Waals surface area contributed by atoms with Gasteiger partial charge in [-0.1, -0.05) is 12.1 Å². The Hall–Kier alpha value is -2.27. The van der Waals surface area contributed by atoms with Gasteiger partial charge in [0.1, 0.15) is 5.71 Å². The Bertz CT molecular complexity index is 908. The molecule has 0 radical (unpaired) electrons. The molecule has 2 heterocycles. The van der Waals surface area contributed by atoms with Gasteiger partial charge >= 0.3 is 0 Å². The number of aryl methyl sites for hydroxylation is 2. The molecule has 0 spiro atoms. The maximum absolute atomic E-state index is 12.4. The van der Waals surface area contributed by atoms with Crippen molar-refractivity contribution in [3.8, 4) is 5.69 Å². The molecule has 0 unspecified atom stereocenters. The van der Waals surface area contributed by atoms with E-state index in [1.807, 2.05) is 6.92 Å². The van der Waals surface area contributed by atoms with Crippen LogP contribution in [0.4, 0.5) is 0 Å². The number of carbonyl (C=O) groups excluding carboxylic acids is 1. The maximum Gasteiger partial charge on any atom is 0.274 e. The highest BCUT2D eigenvalue weighted by atomic mass is 32.1. The van der Waals surface area contributed by atoms with Gasteiger partial charge in [0.15, 0.2) is 0 Å². The molecule has 1 aliphatic heterocycles. The number of nitrogens with zero attached hydrogens (tertiary/aromatic N) is 3. The van der Waals surface area contributed by atoms with Crippen LogP contribution in [0.25, 0.3) is 5.69 Å². The van der Waals surface area contributed by atoms with Crippen molar-refractivity contribution in [3.63, 3.8) is 0 Å². The number of thiocarbonyl (C=S) groups is 1. The van der Waals surface area contributed by atoms with E-state index in [1.54, 1.807) is 4.90 Å². The molecule has 3 rings (SSSR count). The molecule has 1 aromatic carbocycles. The Morgan fingerprint density at radius 2 is 1.88 bits per heavy atom. The van der Waals surface area contributed by atoms with Crippen molar-refractivity contribution < 1.29 is 4.79 Å². The van der Waals surface area contributed by atoms with Crippen molar-refractivity contribution >= 4 is 28.9 Å². The summed E-state index contributed by atoms with van der Waals surface area (Å²) >= 11 is 5.19. The lowest BCUT2D eigenvalue weighted by Gasteiger charge is -2.15. The van der Waals surface area contributed by atoms with Crippen LogP contribution in [0.15, 0.2) is 29.3 Å². The second-order valence-corrected chi connectivity index (χ2v) is 6.88. The zero-order valence-corrected chi connectivity index (χ0v) is 16.2. The van der Waals surface area contributed by atoms with Crippen LogP contribution < -0.4 is 0 Å². The van der Waals surface area contributed by atoms with E-state index >= 15 is 0 Å². The molecule has 1 aromatic heterocycles. The Labute approximate surface area is 154 Å². The third kappa shape index (κ3) is 2.93. The molecule has 0 aliphatic carbocycles. The molecule has 0 atom stereocenters. The summed E-state index contributed by atoms with van der Waals surface area (Å²) in [6.07, 6.45) is 0.514. The Morgan fingerprint density at radius 3 is 2.52 bits per heavy atom. The van der Waals surface area contributed by atoms with Gasteiger partial charge in [0.25, 0.3) is 5.91 Å². The van der Waals surface area contributed by atoms with Gasteiger partial charge < -0.3 is 4.57 Å². The lowest BCUT2D eigenvalue weighted by molar-refractivity contribution is -0.119. The first kappa shape index (κ1) is 17.5. The van der Waals surface area contributed by atoms with Crippen molar-refractivity contribution in [2.45, 2.75) is 41.0 Å². The minimum Gasteiger partial charge on any atom is -0.318 e. The first-order valence-corrected chi connectivity index (χ1v) is 8.93. The largest absolute Gasteiger partial charge is 0.318 e. The number of hydrogen-bond donors (Lipinski definition) is 0. The summed E-state index contributed by atoms with van der Waals surface area (Å²) in [4.78, 5) is 18.3. The monoisotopic (exact) mass is 353 g/mol. The molecule has 1 amide bonds. The van der Waals surface area contributed by atoms with Crippen LogP contribution in [-0.4, -0.2) is 32.7 Å². The highest BCUT2D eigenvalue weighted by molar-refractivity contribution is 7.80. The zero-order chi connectivity index (χ0) is 18.3. The molecule has 1 aliphatic rings. The molecule has 25 heavy (non-hydrogen) atoms. The Balaban J connectivity index is 1.99. The van der Waals surface area contributed by atoms with E-state index in [4.69, 9.17) is 12.2 Å². The van der Waals surface area contributed by atoms with Crippen LogP contribution in [0.1, 0.15) is 35.0 Å². The van der Waals surface area contributed by atoms with Crippen molar-refractivity contribution in [1.29, 1.82) is 0 Å². The number of aromatic nitrogens is 1. The van der Waals surface area contributed by atoms with Crippen molar-refractivity contribution in [2.75, 3.05) is 6.54 Å². The third-order valence-electron chi connectivity index (χ3n) is 4.98. The number of aliphatic imine (C=N–C) groups is 1. The average Bonchev–Trinajstić information content (AvgIpc) is 2.99. The van der Waals surface area contributed by atoms with Gasteiger partial charge in [-0.3, -0.25) is 9.69 Å². The molecule has 0 N–H and O–H groups in total. The predicted octanol–water partition coefficient (Wildman–Crippen LogP) is 3.84. The average molecular weight is 353 g/mol. The maximum atomic E-state index is 12.4. The summed E-state index contributed by atoms with van der Waals surface area (Å²) in [6.45, 7) is 10.9. The van der Waals surface area contributed by atoms with Gasteiger partial charge in [-0.25, -0.2) is 4.99 Å². The van der Waals surface area contributed by atoms with Gasteiger partial charge in [-0.05, 0) is 75.7 Å². The zero-order valence-electron chi connectivity index (χ0n) is 15.4. The van der Waals surface area contributed by atoms with Crippen LogP contribution in [0.5, 0.6) is 0 Å². The number of amides is 1. The number of rotatable bonds is 4. The van der Waals surface area contributed by atoms with Crippen molar-refractivity contribution in [2.24, 2.45) is 4.99 Å². The first-order valence-electron chi connectivity index (χ1n) is 8.53. The molecular weight excluding hydrogens is 330 g/mol.